The Kier molecular flexibility index (Phi) is 24.7. The Morgan fingerprint density at radius 3 is 1.26 bits per heavy atom. The minimum absolute atomic E-state index is 0.0103. The van der Waals surface area contributed by atoms with Crippen LogP contribution in [0.25, 0.3) is 49.1 Å². The van der Waals surface area contributed by atoms with E-state index in [2.05, 4.69) is 90.6 Å². The number of nitrogens with one attached hydrogen (secondary N) is 8. The second kappa shape index (κ2) is 34.3. The first-order valence-electron chi connectivity index (χ1n) is 35.8. The summed E-state index contributed by atoms with van der Waals surface area (Å²) in [5, 5.41) is 42.5. The maximum Gasteiger partial charge on any atom is 0.244 e. The molecule has 0 saturated carbocycles. The van der Waals surface area contributed by atoms with Crippen LogP contribution in [0.2, 0.25) is 15.1 Å². The average Bonchev–Trinajstić information content (AvgIpc) is 1.72. The molecule has 606 valence electrons. The number of nitrogens with zero attached hydrogens (tertiary/aromatic N) is 14. The number of aryl methyl sites for hydroxylation is 1. The summed E-state index contributed by atoms with van der Waals surface area (Å²) in [5.41, 5.74) is 12.8. The fraction of sp³-hybridized carbons (Fsp3) is 0.288. The van der Waals surface area contributed by atoms with Gasteiger partial charge < -0.3 is 81.9 Å². The van der Waals surface area contributed by atoms with Gasteiger partial charge in [-0.2, -0.15) is 22.2 Å². The van der Waals surface area contributed by atoms with E-state index in [0.29, 0.717) is 217 Å². The zero-order valence-corrected chi connectivity index (χ0v) is 68.1. The van der Waals surface area contributed by atoms with Crippen molar-refractivity contribution in [2.45, 2.75) is 26.5 Å². The van der Waals surface area contributed by atoms with Crippen molar-refractivity contribution in [1.82, 2.24) is 81.7 Å². The lowest BCUT2D eigenvalue weighted by molar-refractivity contribution is 0.222. The number of aromatic hydroxyl groups is 3. The van der Waals surface area contributed by atoms with E-state index in [1.165, 1.54) is 65.9 Å². The Morgan fingerprint density at radius 1 is 0.435 bits per heavy atom. The van der Waals surface area contributed by atoms with Crippen molar-refractivity contribution in [3.63, 3.8) is 0 Å². The lowest BCUT2D eigenvalue weighted by Gasteiger charge is -2.31. The monoisotopic (exact) mass is 1710 g/mol. The summed E-state index contributed by atoms with van der Waals surface area (Å²) in [5.74, 6) is 0.783. The second-order valence-corrected chi connectivity index (χ2v) is 36.7. The molecule has 13 N–H and O–H groups in total. The van der Waals surface area contributed by atoms with Gasteiger partial charge in [-0.3, -0.25) is 0 Å². The number of rotatable bonds is 16. The van der Waals surface area contributed by atoms with Crippen LogP contribution in [0.5, 0.6) is 17.2 Å². The number of aromatic amines is 4. The number of hydrogen-bond donors (Lipinski definition) is 12. The van der Waals surface area contributed by atoms with Crippen molar-refractivity contribution in [2.75, 3.05) is 160 Å². The van der Waals surface area contributed by atoms with Gasteiger partial charge >= 0.3 is 0 Å². The van der Waals surface area contributed by atoms with Gasteiger partial charge in [0.15, 0.2) is 11.3 Å². The molecule has 34 nitrogen and oxygen atoms in total. The van der Waals surface area contributed by atoms with Gasteiger partial charge in [-0.25, -0.2) is 62.8 Å². The Hall–Kier alpha value is -10.3. The van der Waals surface area contributed by atoms with Gasteiger partial charge in [0.1, 0.15) is 28.0 Å². The predicted octanol–water partition coefficient (Wildman–Crippen LogP) is 10.0. The summed E-state index contributed by atoms with van der Waals surface area (Å²) in [7, 11) is -6.48. The van der Waals surface area contributed by atoms with Crippen LogP contribution in [0, 0.1) is 19.3 Å². The maximum absolute atomic E-state index is 13.5. The fourth-order valence-corrected chi connectivity index (χ4v) is 19.2. The SMILES string of the molecule is CN1CCN(S(=O)(=O)c2ccc3nc(Nc4cc(Cl)c(F)cc4N)[nH]c3c2)CC1.CN1CCN(S(=O)(=O)c2cnc3nc(Nc4cc(Cl)ccc4O)[nH]c3c2)CC1.Cc1cc2[nH]c(Nc3cc(Cl)ccc3O)nc2cc1S(=O)(=O)N1CCN(C)CC1.[C-]#[N+]c1ccc(O)c(Nc2nc3ccc(S(=O)(=O)N4CCN(C)CC4)cc3[nH]2)c1. The van der Waals surface area contributed by atoms with E-state index >= 15 is 0 Å². The Morgan fingerprint density at radius 2 is 0.809 bits per heavy atom. The molecule has 0 spiro atoms. The highest BCUT2D eigenvalue weighted by Crippen LogP contribution is 2.37. The van der Waals surface area contributed by atoms with Crippen LogP contribution in [0.15, 0.2) is 147 Å². The third kappa shape index (κ3) is 19.0. The fourth-order valence-electron chi connectivity index (χ4n) is 12.8. The van der Waals surface area contributed by atoms with Crippen molar-refractivity contribution in [3.8, 4) is 17.2 Å². The first-order valence-corrected chi connectivity index (χ1v) is 42.7. The number of imidazole rings is 4. The van der Waals surface area contributed by atoms with Crippen LogP contribution in [0.4, 0.5) is 62.3 Å². The van der Waals surface area contributed by atoms with Gasteiger partial charge in [-0.1, -0.05) is 40.9 Å². The summed E-state index contributed by atoms with van der Waals surface area (Å²) in [6, 6.07) is 30.6. The minimum atomic E-state index is -3.62. The van der Waals surface area contributed by atoms with E-state index < -0.39 is 45.9 Å². The molecule has 0 unspecified atom stereocenters. The smallest absolute Gasteiger partial charge is 0.244 e. The number of nitrogens with two attached hydrogens (primary N) is 1. The van der Waals surface area contributed by atoms with Crippen LogP contribution in [0.1, 0.15) is 5.56 Å². The highest BCUT2D eigenvalue weighted by Gasteiger charge is 2.33. The minimum Gasteiger partial charge on any atom is -0.506 e. The van der Waals surface area contributed by atoms with Crippen molar-refractivity contribution in [3.05, 3.63) is 165 Å². The molecule has 0 bridgehead atoms. The number of likely N-dealkylation sites (N-methyl/N-ethyl adjacent to an activating group) is 4. The van der Waals surface area contributed by atoms with E-state index in [1.807, 2.05) is 28.2 Å². The molecule has 0 atom stereocenters. The van der Waals surface area contributed by atoms with Crippen LogP contribution in [0.3, 0.4) is 0 Å². The number of fused-ring (bicyclic) bond motifs is 4. The molecule has 0 aliphatic carbocycles. The molecule has 16 rings (SSSR count). The number of halogens is 4. The van der Waals surface area contributed by atoms with E-state index in [4.69, 9.17) is 47.1 Å². The summed E-state index contributed by atoms with van der Waals surface area (Å²) in [4.78, 5) is 46.3. The van der Waals surface area contributed by atoms with Crippen molar-refractivity contribution in [1.29, 1.82) is 0 Å². The number of sulfonamides is 4. The van der Waals surface area contributed by atoms with Gasteiger partial charge in [-0.15, -0.1) is 0 Å². The number of pyridine rings is 1. The van der Waals surface area contributed by atoms with Crippen LogP contribution < -0.4 is 27.0 Å². The largest absolute Gasteiger partial charge is 0.506 e. The molecule has 12 aromatic rings. The molecule has 4 saturated heterocycles. The number of nitrogen functional groups attached to an aromatic ring is 1. The predicted molar refractivity (Wildman–Crippen MR) is 441 cm³/mol. The van der Waals surface area contributed by atoms with E-state index in [0.717, 1.165) is 6.07 Å². The Balaban J connectivity index is 0.000000134. The Bertz CT molecular complexity index is 6160. The number of aromatic nitrogens is 9. The summed E-state index contributed by atoms with van der Waals surface area (Å²) in [6.07, 6.45) is 1.32. The molecular formula is C73H81Cl3FN23O11S4. The quantitative estimate of drug-likeness (QED) is 0.0243. The van der Waals surface area contributed by atoms with Crippen LogP contribution in [-0.2, 0) is 40.1 Å². The molecule has 42 heteroatoms. The number of benzene rings is 7. The number of piperazine rings is 4. The van der Waals surface area contributed by atoms with E-state index in [9.17, 15) is 53.4 Å². The summed E-state index contributed by atoms with van der Waals surface area (Å²) < 4.78 is 123. The van der Waals surface area contributed by atoms with Crippen molar-refractivity contribution in [2.24, 2.45) is 0 Å². The summed E-state index contributed by atoms with van der Waals surface area (Å²) in [6.45, 7) is 18.1. The molecule has 5 aromatic heterocycles. The zero-order valence-electron chi connectivity index (χ0n) is 62.5. The number of H-pyrrole nitrogens is 4. The number of phenolic OH excluding ortho intramolecular Hbond substituents is 3. The first-order chi connectivity index (χ1) is 54.7. The molecule has 4 fully saturated rings. The number of anilines is 9. The summed E-state index contributed by atoms with van der Waals surface area (Å²) >= 11 is 17.7. The Labute approximate surface area is 676 Å². The third-order valence-corrected chi connectivity index (χ3v) is 28.0. The average molecular weight is 1710 g/mol. The first kappa shape index (κ1) is 82.7. The molecule has 115 heavy (non-hydrogen) atoms. The van der Waals surface area contributed by atoms with Gasteiger partial charge in [0.25, 0.3) is 0 Å². The molecule has 0 radical (unpaired) electrons. The van der Waals surface area contributed by atoms with Crippen molar-refractivity contribution < 1.29 is 53.4 Å². The van der Waals surface area contributed by atoms with Crippen molar-refractivity contribution >= 4 is 177 Å². The normalized spacial score (nSPS) is 16.3. The van der Waals surface area contributed by atoms with E-state index in [1.54, 1.807) is 79.7 Å². The maximum atomic E-state index is 13.5. The highest BCUT2D eigenvalue weighted by molar-refractivity contribution is 7.90. The molecule has 0 amide bonds. The lowest BCUT2D eigenvalue weighted by Crippen LogP contribution is -2.47. The zero-order chi connectivity index (χ0) is 82.0. The second-order valence-electron chi connectivity index (χ2n) is 27.7. The van der Waals surface area contributed by atoms with Gasteiger partial charge in [0.05, 0.1) is 93.3 Å². The number of hydrogen-bond acceptors (Lipinski definition) is 25. The molecule has 4 aliphatic rings. The van der Waals surface area contributed by atoms with Crippen LogP contribution in [-0.4, -0.2) is 264 Å². The molecule has 9 heterocycles. The van der Waals surface area contributed by atoms with Crippen LogP contribution >= 0.6 is 34.8 Å². The van der Waals surface area contributed by atoms with Gasteiger partial charge in [0.2, 0.25) is 63.9 Å². The third-order valence-electron chi connectivity index (χ3n) is 19.5. The molecular weight excluding hydrogens is 1630 g/mol. The topological polar surface area (TPSA) is 429 Å². The van der Waals surface area contributed by atoms with Gasteiger partial charge in [0, 0.05) is 127 Å². The molecule has 4 aliphatic heterocycles. The molecule has 7 aromatic carbocycles. The van der Waals surface area contributed by atoms with Gasteiger partial charge in [-0.05, 0) is 150 Å². The highest BCUT2D eigenvalue weighted by atomic mass is 35.5. The van der Waals surface area contributed by atoms with E-state index in [-0.39, 0.29) is 47.5 Å². The number of phenols is 3. The standard InChI is InChI=1S/C19H22ClN5O3S.C19H20N6O3S.C18H20ClFN6O2S.C17H19ClN6O3S/c1-12-9-14-15(11-18(12)29(27,28)25-7-5-24(2)6-8-25)22-19(21-14)23-16-10-13(20)3-4-17(16)26;1-20-13-3-6-18(26)17(11-13)23-19-21-15-5-4-14(12-16(15)22-19)29(27,28)25-9-7-24(2)8-10-25;1-25-4-6-26(7-5-25)29(27,28)11-2-3-15-17(8-11)24-18(22-15)23-16-9-12(19)13(20)10-14(16)21;1-23-4-6-24(7-5-23)28(26,27)12-9-14-16(19-10-12)22-17(21-14)20-13-8-11(18)2-3-15(13)25/h3-4,9-11,26H,5-8H2,1-2H3,(H2,21,22,23);3-6,11-12,26H,7-10H2,2H3,(H2,21,22,23);2-3,8-10H,4-7,21H2,1H3,(H2,22,23,24);2-3,8-10,25H,4-7H2,1H3,(H2,19,20,21,22). The lowest BCUT2D eigenvalue weighted by atomic mass is 10.2.